The Morgan fingerprint density at radius 2 is 1.86 bits per heavy atom. The number of ether oxygens (including phenoxy) is 1. The summed E-state index contributed by atoms with van der Waals surface area (Å²) < 4.78 is 7.31. The summed E-state index contributed by atoms with van der Waals surface area (Å²) in [5.74, 6) is 1.09. The number of hydrogen-bond acceptors (Lipinski definition) is 4. The standard InChI is InChI=1S/C22H26N4O2/c1-28-20-8-5-18(6-9-20)7-10-22(27)25-14-12-24(13-15-25)17-19-16-23-21-4-2-3-11-26(19)21/h2-6,8-9,11,16H,7,10,12-15,17H2,1H3. The highest BCUT2D eigenvalue weighted by molar-refractivity contribution is 5.76. The summed E-state index contributed by atoms with van der Waals surface area (Å²) in [4.78, 5) is 21.4. The van der Waals surface area contributed by atoms with Crippen molar-refractivity contribution in [2.24, 2.45) is 0 Å². The van der Waals surface area contributed by atoms with Crippen LogP contribution >= 0.6 is 0 Å². The Bertz CT molecular complexity index is 927. The van der Waals surface area contributed by atoms with Crippen LogP contribution in [0.3, 0.4) is 0 Å². The van der Waals surface area contributed by atoms with Crippen molar-refractivity contribution < 1.29 is 9.53 Å². The highest BCUT2D eigenvalue weighted by Crippen LogP contribution is 2.15. The van der Waals surface area contributed by atoms with Gasteiger partial charge in [0.25, 0.3) is 0 Å². The van der Waals surface area contributed by atoms with Crippen LogP contribution in [0.1, 0.15) is 17.7 Å². The molecule has 3 aromatic rings. The number of imidazole rings is 1. The molecule has 1 aliphatic heterocycles. The van der Waals surface area contributed by atoms with Crippen LogP contribution in [-0.4, -0.2) is 58.4 Å². The van der Waals surface area contributed by atoms with E-state index >= 15 is 0 Å². The van der Waals surface area contributed by atoms with Gasteiger partial charge in [0, 0.05) is 45.3 Å². The maximum atomic E-state index is 12.6. The van der Waals surface area contributed by atoms with Crippen LogP contribution in [0.4, 0.5) is 0 Å². The predicted molar refractivity (Wildman–Crippen MR) is 108 cm³/mol. The number of benzene rings is 1. The average molecular weight is 378 g/mol. The third-order valence-corrected chi connectivity index (χ3v) is 5.39. The molecule has 4 rings (SSSR count). The molecule has 1 saturated heterocycles. The number of amides is 1. The SMILES string of the molecule is COc1ccc(CCC(=O)N2CCN(Cc3cnc4ccccn34)CC2)cc1. The number of piperazine rings is 1. The zero-order valence-electron chi connectivity index (χ0n) is 16.3. The first-order valence-corrected chi connectivity index (χ1v) is 9.77. The van der Waals surface area contributed by atoms with Crippen LogP contribution in [0.25, 0.3) is 5.65 Å². The lowest BCUT2D eigenvalue weighted by Crippen LogP contribution is -2.48. The van der Waals surface area contributed by atoms with E-state index in [4.69, 9.17) is 4.74 Å². The normalized spacial score (nSPS) is 15.1. The number of hydrogen-bond donors (Lipinski definition) is 0. The van der Waals surface area contributed by atoms with Gasteiger partial charge >= 0.3 is 0 Å². The molecule has 0 atom stereocenters. The van der Waals surface area contributed by atoms with Crippen LogP contribution in [-0.2, 0) is 17.8 Å². The van der Waals surface area contributed by atoms with E-state index in [9.17, 15) is 4.79 Å². The fourth-order valence-corrected chi connectivity index (χ4v) is 3.69. The Labute approximate surface area is 165 Å². The van der Waals surface area contributed by atoms with Crippen molar-refractivity contribution in [1.82, 2.24) is 19.2 Å². The Kier molecular flexibility index (Phi) is 5.58. The number of carbonyl (C=O) groups excluding carboxylic acids is 1. The zero-order valence-corrected chi connectivity index (χ0v) is 16.3. The molecule has 0 unspecified atom stereocenters. The van der Waals surface area contributed by atoms with E-state index in [0.29, 0.717) is 6.42 Å². The zero-order chi connectivity index (χ0) is 19.3. The first kappa shape index (κ1) is 18.5. The van der Waals surface area contributed by atoms with E-state index in [-0.39, 0.29) is 5.91 Å². The summed E-state index contributed by atoms with van der Waals surface area (Å²) in [5, 5.41) is 0. The van der Waals surface area contributed by atoms with Crippen molar-refractivity contribution in [3.8, 4) is 5.75 Å². The highest BCUT2D eigenvalue weighted by Gasteiger charge is 2.21. The van der Waals surface area contributed by atoms with Crippen LogP contribution in [0.2, 0.25) is 0 Å². The summed E-state index contributed by atoms with van der Waals surface area (Å²) in [7, 11) is 1.66. The van der Waals surface area contributed by atoms with Crippen molar-refractivity contribution in [3.05, 3.63) is 66.1 Å². The van der Waals surface area contributed by atoms with E-state index in [2.05, 4.69) is 20.5 Å². The Hall–Kier alpha value is -2.86. The van der Waals surface area contributed by atoms with Crippen molar-refractivity contribution in [3.63, 3.8) is 0 Å². The first-order valence-electron chi connectivity index (χ1n) is 9.77. The molecule has 6 heteroatoms. The quantitative estimate of drug-likeness (QED) is 0.662. The van der Waals surface area contributed by atoms with Gasteiger partial charge in [-0.3, -0.25) is 9.69 Å². The third-order valence-electron chi connectivity index (χ3n) is 5.39. The van der Waals surface area contributed by atoms with Gasteiger partial charge in [0.1, 0.15) is 11.4 Å². The molecule has 28 heavy (non-hydrogen) atoms. The number of methoxy groups -OCH3 is 1. The van der Waals surface area contributed by atoms with Gasteiger partial charge in [0.15, 0.2) is 0 Å². The van der Waals surface area contributed by atoms with Gasteiger partial charge < -0.3 is 14.0 Å². The molecule has 3 heterocycles. The molecule has 1 amide bonds. The molecular weight excluding hydrogens is 352 g/mol. The van der Waals surface area contributed by atoms with Crippen molar-refractivity contribution in [2.75, 3.05) is 33.3 Å². The predicted octanol–water partition coefficient (Wildman–Crippen LogP) is 2.62. The van der Waals surface area contributed by atoms with E-state index in [0.717, 1.165) is 50.5 Å². The summed E-state index contributed by atoms with van der Waals surface area (Å²) in [5.41, 5.74) is 3.33. The lowest BCUT2D eigenvalue weighted by atomic mass is 10.1. The Morgan fingerprint density at radius 1 is 1.07 bits per heavy atom. The second kappa shape index (κ2) is 8.44. The van der Waals surface area contributed by atoms with Crippen LogP contribution in [0, 0.1) is 0 Å². The smallest absolute Gasteiger partial charge is 0.222 e. The number of aromatic nitrogens is 2. The minimum Gasteiger partial charge on any atom is -0.497 e. The number of nitrogens with zero attached hydrogens (tertiary/aromatic N) is 4. The average Bonchev–Trinajstić information content (AvgIpc) is 3.16. The van der Waals surface area contributed by atoms with Gasteiger partial charge in [0.2, 0.25) is 5.91 Å². The molecule has 6 nitrogen and oxygen atoms in total. The molecule has 0 aliphatic carbocycles. The van der Waals surface area contributed by atoms with Gasteiger partial charge in [-0.05, 0) is 36.2 Å². The second-order valence-electron chi connectivity index (χ2n) is 7.18. The summed E-state index contributed by atoms with van der Waals surface area (Å²) in [6, 6.07) is 14.0. The monoisotopic (exact) mass is 378 g/mol. The van der Waals surface area contributed by atoms with Gasteiger partial charge in [-0.1, -0.05) is 18.2 Å². The molecular formula is C22H26N4O2. The Morgan fingerprint density at radius 3 is 2.61 bits per heavy atom. The minimum absolute atomic E-state index is 0.241. The van der Waals surface area contributed by atoms with Crippen molar-refractivity contribution in [1.29, 1.82) is 0 Å². The number of carbonyl (C=O) groups is 1. The first-order chi connectivity index (χ1) is 13.7. The number of rotatable bonds is 6. The Balaban J connectivity index is 1.25. The van der Waals surface area contributed by atoms with Gasteiger partial charge in [-0.2, -0.15) is 0 Å². The molecule has 0 N–H and O–H groups in total. The number of pyridine rings is 1. The van der Waals surface area contributed by atoms with Gasteiger partial charge in [-0.25, -0.2) is 4.98 Å². The second-order valence-corrected chi connectivity index (χ2v) is 7.18. The fourth-order valence-electron chi connectivity index (χ4n) is 3.69. The van der Waals surface area contributed by atoms with E-state index in [1.807, 2.05) is 53.6 Å². The van der Waals surface area contributed by atoms with Crippen LogP contribution in [0.5, 0.6) is 5.75 Å². The van der Waals surface area contributed by atoms with Crippen LogP contribution < -0.4 is 4.74 Å². The largest absolute Gasteiger partial charge is 0.497 e. The fraction of sp³-hybridized carbons (Fsp3) is 0.364. The summed E-state index contributed by atoms with van der Waals surface area (Å²) in [6.45, 7) is 4.23. The minimum atomic E-state index is 0.241. The molecule has 1 aliphatic rings. The van der Waals surface area contributed by atoms with E-state index in [1.165, 1.54) is 11.3 Å². The molecule has 1 fully saturated rings. The topological polar surface area (TPSA) is 50.1 Å². The molecule has 0 radical (unpaired) electrons. The van der Waals surface area contributed by atoms with Gasteiger partial charge in [-0.15, -0.1) is 0 Å². The summed E-state index contributed by atoms with van der Waals surface area (Å²) >= 11 is 0. The summed E-state index contributed by atoms with van der Waals surface area (Å²) in [6.07, 6.45) is 5.32. The van der Waals surface area contributed by atoms with Crippen molar-refractivity contribution >= 4 is 11.6 Å². The maximum absolute atomic E-state index is 12.6. The highest BCUT2D eigenvalue weighted by atomic mass is 16.5. The van der Waals surface area contributed by atoms with Crippen molar-refractivity contribution in [2.45, 2.75) is 19.4 Å². The molecule has 146 valence electrons. The third kappa shape index (κ3) is 4.17. The number of aryl methyl sites for hydroxylation is 1. The van der Waals surface area contributed by atoms with E-state index in [1.54, 1.807) is 7.11 Å². The van der Waals surface area contributed by atoms with Crippen LogP contribution in [0.15, 0.2) is 54.9 Å². The molecule has 0 spiro atoms. The molecule has 1 aromatic carbocycles. The van der Waals surface area contributed by atoms with E-state index < -0.39 is 0 Å². The molecule has 2 aromatic heterocycles. The number of fused-ring (bicyclic) bond motifs is 1. The maximum Gasteiger partial charge on any atom is 0.222 e. The van der Waals surface area contributed by atoms with Gasteiger partial charge in [0.05, 0.1) is 19.0 Å². The lowest BCUT2D eigenvalue weighted by molar-refractivity contribution is -0.133. The molecule has 0 bridgehead atoms. The lowest BCUT2D eigenvalue weighted by Gasteiger charge is -2.34. The molecule has 0 saturated carbocycles.